The Morgan fingerprint density at radius 1 is 0.327 bits per heavy atom. The third kappa shape index (κ3) is 5.17. The van der Waals surface area contributed by atoms with Crippen LogP contribution < -0.4 is 0 Å². The van der Waals surface area contributed by atoms with Crippen LogP contribution in [0.2, 0.25) is 0 Å². The first kappa shape index (κ1) is 29.8. The van der Waals surface area contributed by atoms with E-state index in [0.29, 0.717) is 0 Å². The molecule has 4 heteroatoms. The van der Waals surface area contributed by atoms with Gasteiger partial charge in [-0.1, -0.05) is 109 Å². The maximum atomic E-state index is 5.35. The molecule has 0 atom stereocenters. The van der Waals surface area contributed by atoms with Gasteiger partial charge >= 0.3 is 0 Å². The monoisotopic (exact) mass is 662 g/mol. The van der Waals surface area contributed by atoms with Crippen LogP contribution in [-0.4, -0.2) is 19.9 Å². The smallest absolute Gasteiger partial charge is 0.0900 e. The second-order valence-corrected chi connectivity index (χ2v) is 13.1. The molecule has 0 unspecified atom stereocenters. The van der Waals surface area contributed by atoms with E-state index in [9.17, 15) is 0 Å². The fourth-order valence-corrected chi connectivity index (χ4v) is 7.47. The van der Waals surface area contributed by atoms with Crippen LogP contribution in [0.1, 0.15) is 0 Å². The number of aromatic nitrogens is 4. The van der Waals surface area contributed by atoms with Crippen molar-refractivity contribution >= 4 is 43.2 Å². The number of fused-ring (bicyclic) bond motifs is 6. The van der Waals surface area contributed by atoms with Gasteiger partial charge in [0.1, 0.15) is 0 Å². The second-order valence-electron chi connectivity index (χ2n) is 13.1. The quantitative estimate of drug-likeness (QED) is 0.172. The molecule has 0 saturated carbocycles. The van der Waals surface area contributed by atoms with E-state index in [1.54, 1.807) is 12.4 Å². The number of rotatable bonds is 5. The van der Waals surface area contributed by atoms with Crippen LogP contribution in [0.25, 0.3) is 99.5 Å². The van der Waals surface area contributed by atoms with Crippen molar-refractivity contribution in [1.82, 2.24) is 19.9 Å². The van der Waals surface area contributed by atoms with Crippen molar-refractivity contribution in [3.63, 3.8) is 0 Å². The fraction of sp³-hybridized carbons (Fsp3) is 0. The summed E-state index contributed by atoms with van der Waals surface area (Å²) in [6, 6.07) is 59.7. The van der Waals surface area contributed by atoms with E-state index in [1.165, 1.54) is 26.9 Å². The summed E-state index contributed by atoms with van der Waals surface area (Å²) >= 11 is 0. The van der Waals surface area contributed by atoms with Crippen molar-refractivity contribution < 1.29 is 0 Å². The van der Waals surface area contributed by atoms with E-state index >= 15 is 0 Å². The predicted molar refractivity (Wildman–Crippen MR) is 215 cm³/mol. The number of hydrogen-bond donors (Lipinski definition) is 0. The molecule has 0 aliphatic heterocycles. The molecule has 52 heavy (non-hydrogen) atoms. The van der Waals surface area contributed by atoms with Gasteiger partial charge in [0.15, 0.2) is 0 Å². The van der Waals surface area contributed by atoms with E-state index in [1.807, 2.05) is 36.4 Å². The molecule has 242 valence electrons. The van der Waals surface area contributed by atoms with Crippen molar-refractivity contribution in [2.24, 2.45) is 0 Å². The Hall–Kier alpha value is -7.04. The minimum absolute atomic E-state index is 0.804. The molecule has 0 bridgehead atoms. The lowest BCUT2D eigenvalue weighted by atomic mass is 9.89. The highest BCUT2D eigenvalue weighted by atomic mass is 14.8. The van der Waals surface area contributed by atoms with Crippen molar-refractivity contribution in [1.29, 1.82) is 0 Å². The first-order valence-electron chi connectivity index (χ1n) is 17.5. The van der Waals surface area contributed by atoms with Gasteiger partial charge in [0.05, 0.1) is 34.0 Å². The molecular weight excluding hydrogens is 633 g/mol. The highest BCUT2D eigenvalue weighted by molar-refractivity contribution is 6.25. The van der Waals surface area contributed by atoms with E-state index < -0.39 is 0 Å². The van der Waals surface area contributed by atoms with Crippen LogP contribution in [0.15, 0.2) is 182 Å². The molecule has 0 aliphatic carbocycles. The van der Waals surface area contributed by atoms with Crippen LogP contribution in [0.4, 0.5) is 0 Å². The molecule has 4 aromatic heterocycles. The average Bonchev–Trinajstić information content (AvgIpc) is 3.23. The Morgan fingerprint density at radius 3 is 1.73 bits per heavy atom. The van der Waals surface area contributed by atoms with Crippen LogP contribution >= 0.6 is 0 Å². The van der Waals surface area contributed by atoms with Gasteiger partial charge in [-0.3, -0.25) is 9.97 Å². The van der Waals surface area contributed by atoms with Crippen molar-refractivity contribution in [2.75, 3.05) is 0 Å². The highest BCUT2D eigenvalue weighted by Crippen LogP contribution is 2.43. The number of pyridine rings is 4. The van der Waals surface area contributed by atoms with Crippen LogP contribution in [0.5, 0.6) is 0 Å². The summed E-state index contributed by atoms with van der Waals surface area (Å²) in [7, 11) is 0. The summed E-state index contributed by atoms with van der Waals surface area (Å²) in [5.74, 6) is 0. The molecule has 0 saturated heterocycles. The lowest BCUT2D eigenvalue weighted by molar-refractivity contribution is 1.22. The topological polar surface area (TPSA) is 51.6 Å². The summed E-state index contributed by atoms with van der Waals surface area (Å²) < 4.78 is 0. The Morgan fingerprint density at radius 2 is 0.981 bits per heavy atom. The summed E-state index contributed by atoms with van der Waals surface area (Å²) in [6.07, 6.45) is 3.61. The van der Waals surface area contributed by atoms with Gasteiger partial charge in [-0.2, -0.15) is 0 Å². The molecule has 0 N–H and O–H groups in total. The first-order valence-corrected chi connectivity index (χ1v) is 17.5. The molecule has 0 amide bonds. The van der Waals surface area contributed by atoms with Gasteiger partial charge in [-0.05, 0) is 104 Å². The average molecular weight is 663 g/mol. The largest absolute Gasteiger partial charge is 0.255 e. The third-order valence-corrected chi connectivity index (χ3v) is 9.92. The third-order valence-electron chi connectivity index (χ3n) is 9.92. The predicted octanol–water partition coefficient (Wildman–Crippen LogP) is 12.2. The number of hydrogen-bond acceptors (Lipinski definition) is 4. The lowest BCUT2D eigenvalue weighted by Crippen LogP contribution is -1.94. The van der Waals surface area contributed by atoms with Crippen molar-refractivity contribution in [2.45, 2.75) is 0 Å². The first-order chi connectivity index (χ1) is 25.8. The van der Waals surface area contributed by atoms with Gasteiger partial charge < -0.3 is 0 Å². The molecule has 10 aromatic rings. The van der Waals surface area contributed by atoms with Gasteiger partial charge in [-0.25, -0.2) is 9.97 Å². The molecule has 0 radical (unpaired) electrons. The van der Waals surface area contributed by atoms with Crippen LogP contribution in [0.3, 0.4) is 0 Å². The molecule has 4 heterocycles. The van der Waals surface area contributed by atoms with E-state index in [4.69, 9.17) is 9.97 Å². The molecule has 4 nitrogen and oxygen atoms in total. The zero-order valence-corrected chi connectivity index (χ0v) is 28.1. The second kappa shape index (κ2) is 12.4. The van der Waals surface area contributed by atoms with Crippen LogP contribution in [-0.2, 0) is 0 Å². The van der Waals surface area contributed by atoms with Gasteiger partial charge in [0.2, 0.25) is 0 Å². The molecule has 10 rings (SSSR count). The molecular formula is C48H30N4. The summed E-state index contributed by atoms with van der Waals surface area (Å²) in [5, 5.41) is 8.33. The van der Waals surface area contributed by atoms with E-state index in [-0.39, 0.29) is 0 Å². The van der Waals surface area contributed by atoms with Crippen molar-refractivity contribution in [3.05, 3.63) is 182 Å². The Balaban J connectivity index is 1.21. The Kier molecular flexibility index (Phi) is 7.10. The normalized spacial score (nSPS) is 11.5. The lowest BCUT2D eigenvalue weighted by Gasteiger charge is -2.17. The van der Waals surface area contributed by atoms with Gasteiger partial charge in [-0.15, -0.1) is 0 Å². The highest BCUT2D eigenvalue weighted by Gasteiger charge is 2.18. The minimum Gasteiger partial charge on any atom is -0.255 e. The maximum Gasteiger partial charge on any atom is 0.0900 e. The number of nitrogens with zero attached hydrogens (tertiary/aromatic N) is 4. The minimum atomic E-state index is 0.804. The molecule has 6 aromatic carbocycles. The Labute approximate surface area is 300 Å². The number of para-hydroxylation sites is 1. The molecule has 0 spiro atoms. The maximum absolute atomic E-state index is 5.35. The summed E-state index contributed by atoms with van der Waals surface area (Å²) in [4.78, 5) is 19.6. The van der Waals surface area contributed by atoms with Gasteiger partial charge in [0, 0.05) is 34.1 Å². The fourth-order valence-electron chi connectivity index (χ4n) is 7.47. The number of benzene rings is 6. The summed E-state index contributed by atoms with van der Waals surface area (Å²) in [6.45, 7) is 0. The van der Waals surface area contributed by atoms with Crippen LogP contribution in [0, 0.1) is 0 Å². The van der Waals surface area contributed by atoms with E-state index in [0.717, 1.165) is 72.6 Å². The summed E-state index contributed by atoms with van der Waals surface area (Å²) in [5.41, 5.74) is 10.7. The van der Waals surface area contributed by atoms with Crippen molar-refractivity contribution in [3.8, 4) is 56.3 Å². The zero-order chi connectivity index (χ0) is 34.4. The zero-order valence-electron chi connectivity index (χ0n) is 28.1. The molecule has 0 aliphatic rings. The van der Waals surface area contributed by atoms with E-state index in [2.05, 4.69) is 143 Å². The molecule has 0 fully saturated rings. The SMILES string of the molecule is c1ccc(-c2cc(-c3cccc(-c4cc5c(-c6ccc7ccccc7c6)nc6ccccc6c5c5ccccc45)c3)cc(-c3ccccn3)n2)nc1. The standard InChI is InChI=1S/C48H30N4/c1-2-13-32-27-35(23-22-31(32)12-1)48-41-30-40(37-16-3-4-17-38(37)47(41)39-18-5-6-19-42(39)52-48)34-15-11-14-33(26-34)36-28-45(43-20-7-9-24-49-43)51-46(29-36)44-21-8-10-25-50-44/h1-30H. The van der Waals surface area contributed by atoms with Gasteiger partial charge in [0.25, 0.3) is 0 Å². The Bertz CT molecular complexity index is 2900.